The molecule has 1 aromatic heterocycles. The number of halogens is 1. The zero-order valence-corrected chi connectivity index (χ0v) is 12.4. The highest BCUT2D eigenvalue weighted by Crippen LogP contribution is 2.22. The molecular weight excluding hydrogens is 273 g/mol. The number of anilines is 3. The SMILES string of the molecule is CNc1nc(Nc2cccc(F)c2C)nc(OC(C)C)n1. The van der Waals surface area contributed by atoms with Crippen molar-refractivity contribution in [1.29, 1.82) is 0 Å². The van der Waals surface area contributed by atoms with Gasteiger partial charge in [-0.05, 0) is 32.9 Å². The highest BCUT2D eigenvalue weighted by atomic mass is 19.1. The first kappa shape index (κ1) is 15.0. The Morgan fingerprint density at radius 3 is 2.52 bits per heavy atom. The van der Waals surface area contributed by atoms with Crippen molar-refractivity contribution in [3.63, 3.8) is 0 Å². The van der Waals surface area contributed by atoms with E-state index in [-0.39, 0.29) is 17.9 Å². The third kappa shape index (κ3) is 3.77. The van der Waals surface area contributed by atoms with Crippen LogP contribution in [0.3, 0.4) is 0 Å². The second-order valence-electron chi connectivity index (χ2n) is 4.72. The minimum Gasteiger partial charge on any atom is -0.461 e. The number of nitrogens with zero attached hydrogens (tertiary/aromatic N) is 3. The van der Waals surface area contributed by atoms with Crippen molar-refractivity contribution < 1.29 is 9.13 Å². The number of benzene rings is 1. The fourth-order valence-electron chi connectivity index (χ4n) is 1.65. The van der Waals surface area contributed by atoms with Crippen molar-refractivity contribution in [3.8, 4) is 6.01 Å². The maximum Gasteiger partial charge on any atom is 0.323 e. The molecule has 0 saturated carbocycles. The summed E-state index contributed by atoms with van der Waals surface area (Å²) in [6, 6.07) is 4.99. The summed E-state index contributed by atoms with van der Waals surface area (Å²) < 4.78 is 19.0. The zero-order chi connectivity index (χ0) is 15.4. The molecule has 6 nitrogen and oxygen atoms in total. The van der Waals surface area contributed by atoms with E-state index in [9.17, 15) is 4.39 Å². The number of ether oxygens (including phenoxy) is 1. The van der Waals surface area contributed by atoms with Crippen LogP contribution in [-0.4, -0.2) is 28.1 Å². The molecule has 0 radical (unpaired) electrons. The Hall–Kier alpha value is -2.44. The summed E-state index contributed by atoms with van der Waals surface area (Å²) in [5, 5.41) is 5.82. The maximum absolute atomic E-state index is 13.5. The molecule has 0 aliphatic heterocycles. The van der Waals surface area contributed by atoms with E-state index in [1.54, 1.807) is 26.1 Å². The molecule has 2 N–H and O–H groups in total. The first-order chi connectivity index (χ1) is 9.99. The predicted molar refractivity (Wildman–Crippen MR) is 79.6 cm³/mol. The average Bonchev–Trinajstić information content (AvgIpc) is 2.43. The first-order valence-corrected chi connectivity index (χ1v) is 6.62. The average molecular weight is 291 g/mol. The maximum atomic E-state index is 13.5. The molecule has 0 fully saturated rings. The topological polar surface area (TPSA) is 72.0 Å². The van der Waals surface area contributed by atoms with Crippen molar-refractivity contribution in [3.05, 3.63) is 29.6 Å². The lowest BCUT2D eigenvalue weighted by atomic mass is 10.2. The minimum atomic E-state index is -0.290. The van der Waals surface area contributed by atoms with Gasteiger partial charge in [0.25, 0.3) is 0 Å². The van der Waals surface area contributed by atoms with Crippen LogP contribution in [0.4, 0.5) is 22.0 Å². The molecule has 1 aromatic carbocycles. The fourth-order valence-corrected chi connectivity index (χ4v) is 1.65. The van der Waals surface area contributed by atoms with Gasteiger partial charge in [-0.25, -0.2) is 4.39 Å². The van der Waals surface area contributed by atoms with Crippen LogP contribution in [-0.2, 0) is 0 Å². The van der Waals surface area contributed by atoms with Crippen LogP contribution in [0.25, 0.3) is 0 Å². The third-order valence-corrected chi connectivity index (χ3v) is 2.69. The molecule has 0 aliphatic carbocycles. The number of aromatic nitrogens is 3. The van der Waals surface area contributed by atoms with Crippen LogP contribution in [0.2, 0.25) is 0 Å². The van der Waals surface area contributed by atoms with Crippen LogP contribution in [0.15, 0.2) is 18.2 Å². The zero-order valence-electron chi connectivity index (χ0n) is 12.4. The molecule has 0 saturated heterocycles. The molecule has 0 unspecified atom stereocenters. The van der Waals surface area contributed by atoms with Gasteiger partial charge in [-0.1, -0.05) is 6.07 Å². The van der Waals surface area contributed by atoms with E-state index in [0.29, 0.717) is 23.1 Å². The van der Waals surface area contributed by atoms with E-state index in [2.05, 4.69) is 25.6 Å². The van der Waals surface area contributed by atoms with Crippen molar-refractivity contribution in [2.24, 2.45) is 0 Å². The van der Waals surface area contributed by atoms with Gasteiger partial charge in [-0.2, -0.15) is 15.0 Å². The van der Waals surface area contributed by atoms with Gasteiger partial charge in [-0.3, -0.25) is 0 Å². The Labute approximate surface area is 122 Å². The Balaban J connectivity index is 2.32. The molecule has 0 aliphatic rings. The second-order valence-corrected chi connectivity index (χ2v) is 4.72. The Kier molecular flexibility index (Phi) is 4.52. The van der Waals surface area contributed by atoms with Crippen LogP contribution < -0.4 is 15.4 Å². The molecule has 112 valence electrons. The fraction of sp³-hybridized carbons (Fsp3) is 0.357. The van der Waals surface area contributed by atoms with Crippen molar-refractivity contribution >= 4 is 17.6 Å². The molecule has 2 aromatic rings. The lowest BCUT2D eigenvalue weighted by Crippen LogP contribution is -2.12. The third-order valence-electron chi connectivity index (χ3n) is 2.69. The predicted octanol–water partition coefficient (Wildman–Crippen LogP) is 2.89. The minimum absolute atomic E-state index is 0.0548. The van der Waals surface area contributed by atoms with Crippen molar-refractivity contribution in [1.82, 2.24) is 15.0 Å². The van der Waals surface area contributed by atoms with Gasteiger partial charge in [0.1, 0.15) is 5.82 Å². The summed E-state index contributed by atoms with van der Waals surface area (Å²) in [6.45, 7) is 5.45. The molecule has 0 bridgehead atoms. The van der Waals surface area contributed by atoms with E-state index in [0.717, 1.165) is 0 Å². The second kappa shape index (κ2) is 6.34. The van der Waals surface area contributed by atoms with Gasteiger partial charge in [-0.15, -0.1) is 0 Å². The Morgan fingerprint density at radius 2 is 1.86 bits per heavy atom. The van der Waals surface area contributed by atoms with Gasteiger partial charge in [0.2, 0.25) is 11.9 Å². The highest BCUT2D eigenvalue weighted by Gasteiger charge is 2.10. The van der Waals surface area contributed by atoms with E-state index in [1.165, 1.54) is 6.07 Å². The van der Waals surface area contributed by atoms with Crippen LogP contribution in [0.5, 0.6) is 6.01 Å². The van der Waals surface area contributed by atoms with Gasteiger partial charge >= 0.3 is 6.01 Å². The van der Waals surface area contributed by atoms with Crippen LogP contribution in [0, 0.1) is 12.7 Å². The molecule has 0 amide bonds. The summed E-state index contributed by atoms with van der Waals surface area (Å²) in [7, 11) is 1.70. The lowest BCUT2D eigenvalue weighted by Gasteiger charge is -2.12. The molecular formula is C14H18FN5O. The molecule has 0 spiro atoms. The quantitative estimate of drug-likeness (QED) is 0.882. The molecule has 21 heavy (non-hydrogen) atoms. The first-order valence-electron chi connectivity index (χ1n) is 6.62. The molecule has 2 rings (SSSR count). The molecule has 1 heterocycles. The number of nitrogens with one attached hydrogen (secondary N) is 2. The van der Waals surface area contributed by atoms with E-state index >= 15 is 0 Å². The summed E-state index contributed by atoms with van der Waals surface area (Å²) in [4.78, 5) is 12.5. The number of rotatable bonds is 5. The Morgan fingerprint density at radius 1 is 1.14 bits per heavy atom. The highest BCUT2D eigenvalue weighted by molar-refractivity contribution is 5.59. The van der Waals surface area contributed by atoms with Gasteiger partial charge in [0.15, 0.2) is 0 Å². The van der Waals surface area contributed by atoms with Gasteiger partial charge in [0.05, 0.1) is 6.10 Å². The summed E-state index contributed by atoms with van der Waals surface area (Å²) in [5.41, 5.74) is 1.09. The van der Waals surface area contributed by atoms with Crippen molar-refractivity contribution in [2.45, 2.75) is 26.9 Å². The molecule has 7 heteroatoms. The monoisotopic (exact) mass is 291 g/mol. The van der Waals surface area contributed by atoms with E-state index < -0.39 is 0 Å². The lowest BCUT2D eigenvalue weighted by molar-refractivity contribution is 0.222. The van der Waals surface area contributed by atoms with Crippen LogP contribution in [0.1, 0.15) is 19.4 Å². The smallest absolute Gasteiger partial charge is 0.323 e. The van der Waals surface area contributed by atoms with Gasteiger partial charge < -0.3 is 15.4 Å². The Bertz CT molecular complexity index is 633. The summed E-state index contributed by atoms with van der Waals surface area (Å²) in [6.07, 6.45) is -0.0548. The van der Waals surface area contributed by atoms with Gasteiger partial charge in [0, 0.05) is 18.3 Å². The standard InChI is InChI=1S/C14H18FN5O/c1-8(2)21-14-19-12(16-4)18-13(20-14)17-11-7-5-6-10(15)9(11)3/h5-8H,1-4H3,(H2,16,17,18,19,20). The van der Waals surface area contributed by atoms with E-state index in [4.69, 9.17) is 4.74 Å². The summed E-state index contributed by atoms with van der Waals surface area (Å²) in [5.74, 6) is 0.373. The van der Waals surface area contributed by atoms with Crippen molar-refractivity contribution in [2.75, 3.05) is 17.7 Å². The van der Waals surface area contributed by atoms with E-state index in [1.807, 2.05) is 13.8 Å². The van der Waals surface area contributed by atoms with Crippen LogP contribution >= 0.6 is 0 Å². The number of hydrogen-bond acceptors (Lipinski definition) is 6. The normalized spacial score (nSPS) is 10.6. The summed E-state index contributed by atoms with van der Waals surface area (Å²) >= 11 is 0. The largest absolute Gasteiger partial charge is 0.461 e. The number of hydrogen-bond donors (Lipinski definition) is 2. The molecule has 0 atom stereocenters.